The molecule has 0 amide bonds. The molecule has 0 aliphatic rings. The molecule has 2 rings (SSSR count). The van der Waals surface area contributed by atoms with E-state index < -0.39 is 6.17 Å². The van der Waals surface area contributed by atoms with Crippen LogP contribution in [0.25, 0.3) is 11.4 Å². The third kappa shape index (κ3) is 13.1. The highest BCUT2D eigenvalue weighted by Crippen LogP contribution is 2.20. The summed E-state index contributed by atoms with van der Waals surface area (Å²) in [6.45, 7) is 6.84. The quantitative estimate of drug-likeness (QED) is 0.175. The lowest BCUT2D eigenvalue weighted by molar-refractivity contribution is 0.181. The van der Waals surface area contributed by atoms with Crippen molar-refractivity contribution in [1.82, 2.24) is 9.97 Å². The molecule has 196 valence electrons. The Hall–Kier alpha value is -1.97. The molecule has 0 saturated heterocycles. The second-order valence-electron chi connectivity index (χ2n) is 10.3. The van der Waals surface area contributed by atoms with Gasteiger partial charge in [0.25, 0.3) is 0 Å². The smallest absolute Gasteiger partial charge is 0.159 e. The van der Waals surface area contributed by atoms with Crippen molar-refractivity contribution < 1.29 is 9.13 Å². The first-order valence-electron chi connectivity index (χ1n) is 14.3. The molecule has 0 fully saturated rings. The van der Waals surface area contributed by atoms with Gasteiger partial charge in [-0.2, -0.15) is 0 Å². The van der Waals surface area contributed by atoms with E-state index in [2.05, 4.69) is 55.0 Å². The van der Waals surface area contributed by atoms with Gasteiger partial charge in [0.05, 0.1) is 12.4 Å². The Morgan fingerprint density at radius 1 is 0.743 bits per heavy atom. The van der Waals surface area contributed by atoms with Gasteiger partial charge in [-0.15, -0.1) is 0 Å². The Balaban J connectivity index is 1.65. The van der Waals surface area contributed by atoms with Crippen LogP contribution in [0.5, 0.6) is 5.75 Å². The molecule has 1 aromatic carbocycles. The molecule has 0 N–H and O–H groups in total. The van der Waals surface area contributed by atoms with E-state index in [9.17, 15) is 4.39 Å². The Morgan fingerprint density at radius 3 is 2.03 bits per heavy atom. The average molecular weight is 485 g/mol. The number of halogens is 1. The van der Waals surface area contributed by atoms with E-state index in [4.69, 9.17) is 4.74 Å². The maximum atomic E-state index is 14.2. The standard InChI is InChI=1S/C31H49FN2O/c1-4-6-8-9-10-11-13-17-27-19-21-28(22-20-27)31-33-23-30(24-34-31)35-25-29(32)18-14-16-26(3)15-12-7-5-2/h19-24,26,29H,4-18,25H2,1-3H3. The number of ether oxygens (including phenoxy) is 1. The van der Waals surface area contributed by atoms with Gasteiger partial charge >= 0.3 is 0 Å². The van der Waals surface area contributed by atoms with Crippen LogP contribution < -0.4 is 4.74 Å². The molecule has 0 aliphatic heterocycles. The summed E-state index contributed by atoms with van der Waals surface area (Å²) >= 11 is 0. The van der Waals surface area contributed by atoms with Crippen molar-refractivity contribution in [1.29, 1.82) is 0 Å². The highest BCUT2D eigenvalue weighted by Gasteiger charge is 2.10. The van der Waals surface area contributed by atoms with Crippen LogP contribution in [0.4, 0.5) is 4.39 Å². The number of nitrogens with zero attached hydrogens (tertiary/aromatic N) is 2. The molecule has 4 heteroatoms. The Bertz CT molecular complexity index is 763. The molecule has 2 aromatic rings. The molecule has 1 aromatic heterocycles. The number of hydrogen-bond acceptors (Lipinski definition) is 3. The van der Waals surface area contributed by atoms with Gasteiger partial charge in [0.2, 0.25) is 0 Å². The van der Waals surface area contributed by atoms with Crippen LogP contribution in [-0.2, 0) is 6.42 Å². The van der Waals surface area contributed by atoms with Crippen LogP contribution in [0.2, 0.25) is 0 Å². The van der Waals surface area contributed by atoms with Gasteiger partial charge in [-0.25, -0.2) is 14.4 Å². The van der Waals surface area contributed by atoms with Gasteiger partial charge in [-0.3, -0.25) is 0 Å². The normalized spacial score (nSPS) is 13.0. The minimum atomic E-state index is -0.943. The first-order valence-corrected chi connectivity index (χ1v) is 14.3. The molecular weight excluding hydrogens is 435 g/mol. The molecule has 2 atom stereocenters. The van der Waals surface area contributed by atoms with E-state index in [1.165, 1.54) is 76.2 Å². The van der Waals surface area contributed by atoms with Crippen LogP contribution in [0.3, 0.4) is 0 Å². The van der Waals surface area contributed by atoms with E-state index in [1.807, 2.05) is 0 Å². The summed E-state index contributed by atoms with van der Waals surface area (Å²) in [7, 11) is 0. The van der Waals surface area contributed by atoms with Crippen LogP contribution >= 0.6 is 0 Å². The maximum absolute atomic E-state index is 14.2. The van der Waals surface area contributed by atoms with E-state index in [-0.39, 0.29) is 6.61 Å². The predicted molar refractivity (Wildman–Crippen MR) is 147 cm³/mol. The summed E-state index contributed by atoms with van der Waals surface area (Å²) in [6.07, 6.45) is 20.5. The van der Waals surface area contributed by atoms with E-state index in [1.54, 1.807) is 12.4 Å². The Kier molecular flexibility index (Phi) is 15.3. The van der Waals surface area contributed by atoms with Crippen molar-refractivity contribution in [2.75, 3.05) is 6.61 Å². The highest BCUT2D eigenvalue weighted by molar-refractivity contribution is 5.55. The number of unbranched alkanes of at least 4 members (excludes halogenated alkanes) is 8. The molecule has 1 heterocycles. The first-order chi connectivity index (χ1) is 17.1. The van der Waals surface area contributed by atoms with Gasteiger partial charge in [0.1, 0.15) is 12.8 Å². The number of rotatable bonds is 20. The van der Waals surface area contributed by atoms with E-state index >= 15 is 0 Å². The van der Waals surface area contributed by atoms with Gasteiger partial charge in [-0.1, -0.05) is 122 Å². The molecule has 35 heavy (non-hydrogen) atoms. The molecule has 0 radical (unpaired) electrons. The molecular formula is C31H49FN2O. The Morgan fingerprint density at radius 2 is 1.34 bits per heavy atom. The topological polar surface area (TPSA) is 35.0 Å². The summed E-state index contributed by atoms with van der Waals surface area (Å²) in [5.74, 6) is 1.89. The number of alkyl halides is 1. The summed E-state index contributed by atoms with van der Waals surface area (Å²) in [5, 5.41) is 0. The minimum Gasteiger partial charge on any atom is -0.487 e. The van der Waals surface area contributed by atoms with E-state index in [0.717, 1.165) is 24.8 Å². The van der Waals surface area contributed by atoms with Crippen LogP contribution in [0, 0.1) is 5.92 Å². The summed E-state index contributed by atoms with van der Waals surface area (Å²) < 4.78 is 19.8. The van der Waals surface area contributed by atoms with Crippen molar-refractivity contribution in [2.24, 2.45) is 5.92 Å². The Labute approximate surface area is 214 Å². The lowest BCUT2D eigenvalue weighted by Crippen LogP contribution is -2.13. The summed E-state index contributed by atoms with van der Waals surface area (Å²) in [5.41, 5.74) is 2.36. The van der Waals surface area contributed by atoms with Crippen LogP contribution in [-0.4, -0.2) is 22.7 Å². The summed E-state index contributed by atoms with van der Waals surface area (Å²) in [4.78, 5) is 8.86. The van der Waals surface area contributed by atoms with Crippen LogP contribution in [0.15, 0.2) is 36.7 Å². The predicted octanol–water partition coefficient (Wildman–Crippen LogP) is 9.54. The third-order valence-corrected chi connectivity index (χ3v) is 6.85. The van der Waals surface area contributed by atoms with E-state index in [0.29, 0.717) is 23.9 Å². The number of aromatic nitrogens is 2. The van der Waals surface area contributed by atoms with Gasteiger partial charge < -0.3 is 4.74 Å². The zero-order valence-electron chi connectivity index (χ0n) is 22.6. The first kappa shape index (κ1) is 29.3. The molecule has 2 unspecified atom stereocenters. The average Bonchev–Trinajstić information content (AvgIpc) is 2.88. The second-order valence-corrected chi connectivity index (χ2v) is 10.3. The maximum Gasteiger partial charge on any atom is 0.159 e. The van der Waals surface area contributed by atoms with Crippen molar-refractivity contribution in [3.8, 4) is 17.1 Å². The molecule has 0 saturated carbocycles. The SMILES string of the molecule is CCCCCCCCCc1ccc(-c2ncc(OCC(F)CCCC(C)CCCCC)cn2)cc1. The fourth-order valence-corrected chi connectivity index (χ4v) is 4.49. The number of hydrogen-bond donors (Lipinski definition) is 0. The van der Waals surface area contributed by atoms with Gasteiger partial charge in [-0.05, 0) is 30.7 Å². The van der Waals surface area contributed by atoms with Crippen molar-refractivity contribution in [3.05, 3.63) is 42.2 Å². The fourth-order valence-electron chi connectivity index (χ4n) is 4.49. The molecule has 0 spiro atoms. The van der Waals surface area contributed by atoms with Crippen molar-refractivity contribution in [3.63, 3.8) is 0 Å². The minimum absolute atomic E-state index is 0.0697. The largest absolute Gasteiger partial charge is 0.487 e. The third-order valence-electron chi connectivity index (χ3n) is 6.85. The number of benzene rings is 1. The van der Waals surface area contributed by atoms with Crippen molar-refractivity contribution in [2.45, 2.75) is 123 Å². The highest BCUT2D eigenvalue weighted by atomic mass is 19.1. The van der Waals surface area contributed by atoms with Crippen molar-refractivity contribution >= 4 is 0 Å². The van der Waals surface area contributed by atoms with Crippen LogP contribution in [0.1, 0.15) is 116 Å². The second kappa shape index (κ2) is 18.3. The van der Waals surface area contributed by atoms with Gasteiger partial charge in [0, 0.05) is 5.56 Å². The molecule has 0 bridgehead atoms. The zero-order chi connectivity index (χ0) is 25.1. The summed E-state index contributed by atoms with van der Waals surface area (Å²) in [6, 6.07) is 8.54. The molecule has 0 aliphatic carbocycles. The lowest BCUT2D eigenvalue weighted by atomic mass is 9.97. The van der Waals surface area contributed by atoms with Gasteiger partial charge in [0.15, 0.2) is 11.6 Å². The lowest BCUT2D eigenvalue weighted by Gasteiger charge is -2.13. The molecule has 3 nitrogen and oxygen atoms in total. The number of aryl methyl sites for hydroxylation is 1. The monoisotopic (exact) mass is 484 g/mol. The fraction of sp³-hybridized carbons (Fsp3) is 0.677. The zero-order valence-corrected chi connectivity index (χ0v) is 22.6.